The minimum atomic E-state index is -2.88. The van der Waals surface area contributed by atoms with E-state index in [9.17, 15) is 18.4 Å². The lowest BCUT2D eigenvalue weighted by Gasteiger charge is -2.33. The minimum Gasteiger partial charge on any atom is -0.435 e. The van der Waals surface area contributed by atoms with Crippen LogP contribution in [0.25, 0.3) is 16.9 Å². The first-order chi connectivity index (χ1) is 20.9. The van der Waals surface area contributed by atoms with E-state index in [2.05, 4.69) is 30.7 Å². The molecule has 10 nitrogen and oxygen atoms in total. The number of hydrogen-bond donors (Lipinski definition) is 3. The number of carbonyl (C=O) groups excluding carboxylic acids is 2. The molecule has 0 aliphatic carbocycles. The Kier molecular flexibility index (Phi) is 8.19. The van der Waals surface area contributed by atoms with Gasteiger partial charge in [-0.1, -0.05) is 0 Å². The predicted molar refractivity (Wildman–Crippen MR) is 158 cm³/mol. The molecule has 0 atom stereocenters. The number of amides is 2. The SMILES string of the molecule is Cc1cc(Nc2nccn3c(-c4ccc(OC(F)F)cc4)cnc23)ccc1C(=O)N1CCC(C(=O)NCC2CNC2)CC1. The fourth-order valence-corrected chi connectivity index (χ4v) is 5.54. The number of nitrogens with zero attached hydrogens (tertiary/aromatic N) is 4. The Labute approximate surface area is 247 Å². The molecule has 4 aromatic rings. The number of halogens is 2. The summed E-state index contributed by atoms with van der Waals surface area (Å²) in [6.45, 7) is 2.75. The lowest BCUT2D eigenvalue weighted by molar-refractivity contribution is -0.126. The van der Waals surface area contributed by atoms with Crippen molar-refractivity contribution in [2.75, 3.05) is 38.0 Å². The van der Waals surface area contributed by atoms with Crippen molar-refractivity contribution in [3.63, 3.8) is 0 Å². The van der Waals surface area contributed by atoms with E-state index < -0.39 is 6.61 Å². The van der Waals surface area contributed by atoms with Crippen molar-refractivity contribution in [2.45, 2.75) is 26.4 Å². The highest BCUT2D eigenvalue weighted by molar-refractivity contribution is 5.96. The number of aryl methyl sites for hydroxylation is 1. The Balaban J connectivity index is 1.10. The number of likely N-dealkylation sites (tertiary alicyclic amines) is 1. The lowest BCUT2D eigenvalue weighted by atomic mass is 9.94. The van der Waals surface area contributed by atoms with Gasteiger partial charge in [-0.2, -0.15) is 8.78 Å². The monoisotopic (exact) mass is 589 g/mol. The van der Waals surface area contributed by atoms with Gasteiger partial charge in [0.05, 0.1) is 11.9 Å². The minimum absolute atomic E-state index is 0.0356. The number of aromatic nitrogens is 3. The summed E-state index contributed by atoms with van der Waals surface area (Å²) in [5, 5.41) is 9.58. The molecule has 2 aliphatic heterocycles. The molecule has 0 radical (unpaired) electrons. The zero-order valence-electron chi connectivity index (χ0n) is 23.7. The Morgan fingerprint density at radius 3 is 2.53 bits per heavy atom. The van der Waals surface area contributed by atoms with Crippen LogP contribution < -0.4 is 20.7 Å². The third kappa shape index (κ3) is 6.29. The fraction of sp³-hybridized carbons (Fsp3) is 0.355. The van der Waals surface area contributed by atoms with Crippen LogP contribution in [-0.2, 0) is 4.79 Å². The standard InChI is InChI=1S/C31H33F2N7O3/c1-19-14-23(4-7-25(19)30(42)39-11-8-22(9-12-39)29(41)37-17-20-15-34-16-20)38-27-28-36-18-26(40(28)13-10-35-27)21-2-5-24(6-3-21)43-31(32)33/h2-7,10,13-14,18,20,22,31,34H,8-9,11-12,15-17H2,1H3,(H,35,38)(H,37,41). The van der Waals surface area contributed by atoms with Gasteiger partial charge in [-0.15, -0.1) is 0 Å². The van der Waals surface area contributed by atoms with Gasteiger partial charge in [-0.3, -0.25) is 14.0 Å². The Bertz CT molecular complexity index is 1610. The molecule has 0 bridgehead atoms. The quantitative estimate of drug-likeness (QED) is 0.268. The van der Waals surface area contributed by atoms with E-state index in [0.29, 0.717) is 55.4 Å². The second-order valence-corrected chi connectivity index (χ2v) is 11.0. The van der Waals surface area contributed by atoms with Gasteiger partial charge in [0.25, 0.3) is 5.91 Å². The third-order valence-corrected chi connectivity index (χ3v) is 8.11. The Morgan fingerprint density at radius 1 is 1.09 bits per heavy atom. The molecule has 2 fully saturated rings. The van der Waals surface area contributed by atoms with Crippen LogP contribution in [0.3, 0.4) is 0 Å². The fourth-order valence-electron chi connectivity index (χ4n) is 5.54. The van der Waals surface area contributed by atoms with Crippen molar-refractivity contribution in [3.8, 4) is 17.0 Å². The molecule has 12 heteroatoms. The number of rotatable bonds is 9. The summed E-state index contributed by atoms with van der Waals surface area (Å²) in [5.74, 6) is 1.14. The number of imidazole rings is 1. The second kappa shape index (κ2) is 12.3. The molecule has 3 N–H and O–H groups in total. The van der Waals surface area contributed by atoms with Gasteiger partial charge >= 0.3 is 6.61 Å². The van der Waals surface area contributed by atoms with Crippen molar-refractivity contribution in [1.29, 1.82) is 0 Å². The molecule has 0 saturated carbocycles. The lowest BCUT2D eigenvalue weighted by Crippen LogP contribution is -2.50. The van der Waals surface area contributed by atoms with Gasteiger partial charge in [0, 0.05) is 73.8 Å². The van der Waals surface area contributed by atoms with Gasteiger partial charge in [-0.25, -0.2) is 9.97 Å². The van der Waals surface area contributed by atoms with Crippen molar-refractivity contribution >= 4 is 29.0 Å². The van der Waals surface area contributed by atoms with Gasteiger partial charge < -0.3 is 25.6 Å². The van der Waals surface area contributed by atoms with E-state index in [0.717, 1.165) is 35.6 Å². The number of nitrogens with one attached hydrogen (secondary N) is 3. The first-order valence-electron chi connectivity index (χ1n) is 14.4. The number of carbonyl (C=O) groups is 2. The first-order valence-corrected chi connectivity index (χ1v) is 14.4. The highest BCUT2D eigenvalue weighted by atomic mass is 19.3. The molecule has 2 aliphatic rings. The largest absolute Gasteiger partial charge is 0.435 e. The molecule has 0 unspecified atom stereocenters. The van der Waals surface area contributed by atoms with E-state index in [1.54, 1.807) is 30.7 Å². The van der Waals surface area contributed by atoms with Crippen LogP contribution in [0, 0.1) is 18.8 Å². The maximum absolute atomic E-state index is 13.3. The van der Waals surface area contributed by atoms with E-state index in [1.807, 2.05) is 34.4 Å². The highest BCUT2D eigenvalue weighted by Gasteiger charge is 2.29. The molecule has 0 spiro atoms. The molecule has 43 heavy (non-hydrogen) atoms. The molecule has 2 amide bonds. The van der Waals surface area contributed by atoms with E-state index in [-0.39, 0.29) is 23.5 Å². The maximum atomic E-state index is 13.3. The number of piperidine rings is 1. The zero-order chi connectivity index (χ0) is 29.9. The number of benzene rings is 2. The first kappa shape index (κ1) is 28.5. The average molecular weight is 590 g/mol. The summed E-state index contributed by atoms with van der Waals surface area (Å²) in [7, 11) is 0. The summed E-state index contributed by atoms with van der Waals surface area (Å²) in [4.78, 5) is 36.7. The van der Waals surface area contributed by atoms with Crippen LogP contribution in [0.5, 0.6) is 5.75 Å². The average Bonchev–Trinajstić information content (AvgIpc) is 3.41. The predicted octanol–water partition coefficient (Wildman–Crippen LogP) is 4.24. The summed E-state index contributed by atoms with van der Waals surface area (Å²) < 4.78 is 31.3. The number of anilines is 2. The molecule has 2 aromatic carbocycles. The van der Waals surface area contributed by atoms with Crippen LogP contribution in [0.2, 0.25) is 0 Å². The van der Waals surface area contributed by atoms with Gasteiger partial charge in [0.15, 0.2) is 11.5 Å². The molecule has 2 saturated heterocycles. The maximum Gasteiger partial charge on any atom is 0.387 e. The molecule has 6 rings (SSSR count). The topological polar surface area (TPSA) is 113 Å². The summed E-state index contributed by atoms with van der Waals surface area (Å²) >= 11 is 0. The van der Waals surface area contributed by atoms with Crippen LogP contribution in [-0.4, -0.2) is 70.4 Å². The van der Waals surface area contributed by atoms with Crippen molar-refractivity contribution in [2.24, 2.45) is 11.8 Å². The Hall–Kier alpha value is -4.58. The van der Waals surface area contributed by atoms with E-state index in [4.69, 9.17) is 0 Å². The Morgan fingerprint density at radius 2 is 1.86 bits per heavy atom. The van der Waals surface area contributed by atoms with Crippen LogP contribution >= 0.6 is 0 Å². The van der Waals surface area contributed by atoms with Gasteiger partial charge in [-0.05, 0) is 67.8 Å². The van der Waals surface area contributed by atoms with E-state index >= 15 is 0 Å². The highest BCUT2D eigenvalue weighted by Crippen LogP contribution is 2.28. The van der Waals surface area contributed by atoms with Crippen molar-refractivity contribution in [1.82, 2.24) is 29.9 Å². The number of alkyl halides is 2. The smallest absolute Gasteiger partial charge is 0.387 e. The normalized spacial score (nSPS) is 15.9. The van der Waals surface area contributed by atoms with Crippen molar-refractivity contribution in [3.05, 3.63) is 72.2 Å². The number of fused-ring (bicyclic) bond motifs is 1. The third-order valence-electron chi connectivity index (χ3n) is 8.11. The number of hydrogen-bond acceptors (Lipinski definition) is 7. The number of ether oxygens (including phenoxy) is 1. The molecular formula is C31H33F2N7O3. The summed E-state index contributed by atoms with van der Waals surface area (Å²) in [5.41, 5.74) is 4.33. The molecular weight excluding hydrogens is 556 g/mol. The summed E-state index contributed by atoms with van der Waals surface area (Å²) in [6.07, 6.45) is 6.44. The van der Waals surface area contributed by atoms with Gasteiger partial charge in [0.2, 0.25) is 5.91 Å². The van der Waals surface area contributed by atoms with Crippen LogP contribution in [0.1, 0.15) is 28.8 Å². The molecule has 4 heterocycles. The molecule has 2 aromatic heterocycles. The van der Waals surface area contributed by atoms with Crippen LogP contribution in [0.4, 0.5) is 20.3 Å². The van der Waals surface area contributed by atoms with Crippen LogP contribution in [0.15, 0.2) is 61.1 Å². The molecule has 224 valence electrons. The van der Waals surface area contributed by atoms with E-state index in [1.165, 1.54) is 12.1 Å². The second-order valence-electron chi connectivity index (χ2n) is 11.0. The van der Waals surface area contributed by atoms with Crippen molar-refractivity contribution < 1.29 is 23.1 Å². The summed E-state index contributed by atoms with van der Waals surface area (Å²) in [6, 6.07) is 11.9. The zero-order valence-corrected chi connectivity index (χ0v) is 23.7. The van der Waals surface area contributed by atoms with Gasteiger partial charge in [0.1, 0.15) is 5.75 Å².